The Balaban J connectivity index is 1.83. The molecule has 0 radical (unpaired) electrons. The van der Waals surface area contributed by atoms with Gasteiger partial charge in [0.15, 0.2) is 5.84 Å². The van der Waals surface area contributed by atoms with E-state index in [0.29, 0.717) is 5.84 Å². The Hall–Kier alpha value is -2.98. The van der Waals surface area contributed by atoms with Gasteiger partial charge in [0, 0.05) is 28.5 Å². The molecule has 1 aliphatic heterocycles. The third-order valence-electron chi connectivity index (χ3n) is 4.02. The summed E-state index contributed by atoms with van der Waals surface area (Å²) in [4.78, 5) is 13.6. The van der Waals surface area contributed by atoms with Crippen LogP contribution >= 0.6 is 11.6 Å². The van der Waals surface area contributed by atoms with Gasteiger partial charge in [-0.25, -0.2) is 4.99 Å². The number of pyridine rings is 1. The predicted molar refractivity (Wildman–Crippen MR) is 97.4 cm³/mol. The fourth-order valence-electron chi connectivity index (χ4n) is 2.78. The lowest BCUT2D eigenvalue weighted by Gasteiger charge is -2.15. The molecule has 0 saturated carbocycles. The number of benzene rings is 2. The molecule has 0 amide bonds. The maximum absolute atomic E-state index is 12.0. The van der Waals surface area contributed by atoms with Gasteiger partial charge in [-0.2, -0.15) is 0 Å². The molecule has 4 nitrogen and oxygen atoms in total. The highest BCUT2D eigenvalue weighted by Crippen LogP contribution is 2.32. The van der Waals surface area contributed by atoms with Crippen LogP contribution in [0, 0.1) is 0 Å². The van der Waals surface area contributed by atoms with Gasteiger partial charge in [-0.05, 0) is 23.8 Å². The van der Waals surface area contributed by atoms with Gasteiger partial charge < -0.3 is 5.11 Å². The summed E-state index contributed by atoms with van der Waals surface area (Å²) in [5, 5.41) is 12.2. The highest BCUT2D eigenvalue weighted by molar-refractivity contribution is 6.32. The molecule has 4 rings (SSSR count). The van der Waals surface area contributed by atoms with Crippen molar-refractivity contribution in [1.29, 1.82) is 0 Å². The van der Waals surface area contributed by atoms with Gasteiger partial charge in [-0.3, -0.25) is 9.98 Å². The smallest absolute Gasteiger partial charge is 0.155 e. The summed E-state index contributed by atoms with van der Waals surface area (Å²) >= 11 is 5.88. The van der Waals surface area contributed by atoms with E-state index in [-0.39, 0.29) is 16.8 Å². The van der Waals surface area contributed by atoms with E-state index in [2.05, 4.69) is 4.98 Å². The van der Waals surface area contributed by atoms with Gasteiger partial charge in [0.25, 0.3) is 0 Å². The summed E-state index contributed by atoms with van der Waals surface area (Å²) in [6, 6.07) is 18.2. The minimum Gasteiger partial charge on any atom is -0.871 e. The zero-order chi connectivity index (χ0) is 17.2. The Morgan fingerprint density at radius 2 is 1.64 bits per heavy atom. The van der Waals surface area contributed by atoms with Crippen LogP contribution in [0.4, 0.5) is 0 Å². The van der Waals surface area contributed by atoms with Crippen LogP contribution in [0.15, 0.2) is 83.0 Å². The van der Waals surface area contributed by atoms with E-state index < -0.39 is 0 Å². The fourth-order valence-corrected chi connectivity index (χ4v) is 2.90. The molecule has 0 spiro atoms. The highest BCUT2D eigenvalue weighted by Gasteiger charge is 2.26. The quantitative estimate of drug-likeness (QED) is 0.724. The monoisotopic (exact) mass is 346 g/mol. The van der Waals surface area contributed by atoms with Gasteiger partial charge in [-0.1, -0.05) is 59.8 Å². The molecule has 25 heavy (non-hydrogen) atoms. The van der Waals surface area contributed by atoms with Crippen molar-refractivity contribution in [3.63, 3.8) is 0 Å². The standard InChI is InChI=1S/C20H14ClN3O/c21-16-7-6-15(12-17(16)25)19-18(13-8-10-22-11-9-13)23-20(24-19)14-4-2-1-3-5-14/h1-12,19,25H/p-1. The molecule has 0 aliphatic carbocycles. The van der Waals surface area contributed by atoms with Gasteiger partial charge in [0.1, 0.15) is 6.04 Å². The zero-order valence-electron chi connectivity index (χ0n) is 13.1. The van der Waals surface area contributed by atoms with Crippen molar-refractivity contribution in [2.45, 2.75) is 6.04 Å². The van der Waals surface area contributed by atoms with E-state index in [9.17, 15) is 5.11 Å². The van der Waals surface area contributed by atoms with Crippen molar-refractivity contribution < 1.29 is 5.11 Å². The molecular weight excluding hydrogens is 334 g/mol. The Labute approximate surface area is 150 Å². The Kier molecular flexibility index (Phi) is 4.04. The van der Waals surface area contributed by atoms with E-state index in [1.807, 2.05) is 48.5 Å². The molecule has 0 N–H and O–H groups in total. The van der Waals surface area contributed by atoms with Crippen LogP contribution in [-0.2, 0) is 0 Å². The van der Waals surface area contributed by atoms with Gasteiger partial charge in [0.2, 0.25) is 0 Å². The fraction of sp³-hybridized carbons (Fsp3) is 0.0500. The van der Waals surface area contributed by atoms with E-state index in [4.69, 9.17) is 21.6 Å². The van der Waals surface area contributed by atoms with Crippen molar-refractivity contribution in [1.82, 2.24) is 4.98 Å². The number of hydrogen-bond donors (Lipinski definition) is 0. The third kappa shape index (κ3) is 3.04. The molecule has 5 heteroatoms. The molecule has 2 heterocycles. The van der Waals surface area contributed by atoms with E-state index >= 15 is 0 Å². The molecule has 0 fully saturated rings. The maximum Gasteiger partial charge on any atom is 0.155 e. The Bertz CT molecular complexity index is 969. The summed E-state index contributed by atoms with van der Waals surface area (Å²) in [7, 11) is 0. The van der Waals surface area contributed by atoms with Crippen molar-refractivity contribution in [2.75, 3.05) is 0 Å². The third-order valence-corrected chi connectivity index (χ3v) is 4.33. The molecule has 1 aliphatic rings. The topological polar surface area (TPSA) is 60.7 Å². The van der Waals surface area contributed by atoms with E-state index in [0.717, 1.165) is 22.4 Å². The van der Waals surface area contributed by atoms with Crippen molar-refractivity contribution in [2.24, 2.45) is 9.98 Å². The van der Waals surface area contributed by atoms with Crippen molar-refractivity contribution in [3.05, 3.63) is 94.8 Å². The maximum atomic E-state index is 12.0. The molecule has 3 aromatic rings. The largest absolute Gasteiger partial charge is 0.871 e. The minimum absolute atomic E-state index is 0.205. The van der Waals surface area contributed by atoms with Crippen LogP contribution in [0.25, 0.3) is 0 Å². The molecule has 0 saturated heterocycles. The van der Waals surface area contributed by atoms with E-state index in [1.54, 1.807) is 18.5 Å². The number of aliphatic imine (C=N–C) groups is 2. The first-order valence-corrected chi connectivity index (χ1v) is 8.19. The second-order valence-electron chi connectivity index (χ2n) is 5.64. The summed E-state index contributed by atoms with van der Waals surface area (Å²) in [6.07, 6.45) is 3.44. The summed E-state index contributed by atoms with van der Waals surface area (Å²) < 4.78 is 0. The molecule has 1 atom stereocenters. The van der Waals surface area contributed by atoms with Crippen LogP contribution in [0.3, 0.4) is 0 Å². The number of rotatable bonds is 3. The predicted octanol–water partition coefficient (Wildman–Crippen LogP) is 3.80. The number of amidine groups is 1. The molecule has 2 aromatic carbocycles. The first-order chi connectivity index (χ1) is 12.2. The van der Waals surface area contributed by atoms with E-state index in [1.165, 1.54) is 6.07 Å². The minimum atomic E-state index is -0.345. The number of nitrogens with zero attached hydrogens (tertiary/aromatic N) is 3. The number of halogens is 1. The van der Waals surface area contributed by atoms with Crippen LogP contribution in [0.2, 0.25) is 5.02 Å². The second-order valence-corrected chi connectivity index (χ2v) is 6.05. The lowest BCUT2D eigenvalue weighted by Crippen LogP contribution is -2.09. The molecule has 1 unspecified atom stereocenters. The van der Waals surface area contributed by atoms with Crippen molar-refractivity contribution >= 4 is 23.1 Å². The van der Waals surface area contributed by atoms with Crippen LogP contribution < -0.4 is 5.11 Å². The summed E-state index contributed by atoms with van der Waals surface area (Å²) in [5.41, 5.74) is 3.43. The second kappa shape index (κ2) is 6.49. The number of hydrogen-bond acceptors (Lipinski definition) is 4. The highest BCUT2D eigenvalue weighted by atomic mass is 35.5. The first-order valence-electron chi connectivity index (χ1n) is 7.81. The summed E-state index contributed by atoms with van der Waals surface area (Å²) in [5.74, 6) is 0.441. The normalized spacial score (nSPS) is 16.4. The van der Waals surface area contributed by atoms with Crippen LogP contribution in [-0.4, -0.2) is 16.5 Å². The van der Waals surface area contributed by atoms with Gasteiger partial charge in [0.05, 0.1) is 5.71 Å². The number of aromatic nitrogens is 1. The molecule has 0 bridgehead atoms. The molecule has 1 aromatic heterocycles. The summed E-state index contributed by atoms with van der Waals surface area (Å²) in [6.45, 7) is 0. The Morgan fingerprint density at radius 3 is 2.36 bits per heavy atom. The lowest BCUT2D eigenvalue weighted by atomic mass is 9.98. The van der Waals surface area contributed by atoms with Gasteiger partial charge >= 0.3 is 0 Å². The average Bonchev–Trinajstić information content (AvgIpc) is 3.11. The first kappa shape index (κ1) is 15.5. The van der Waals surface area contributed by atoms with Crippen molar-refractivity contribution in [3.8, 4) is 5.75 Å². The van der Waals surface area contributed by atoms with Gasteiger partial charge in [-0.15, -0.1) is 0 Å². The van der Waals surface area contributed by atoms with Crippen LogP contribution in [0.5, 0.6) is 5.75 Å². The zero-order valence-corrected chi connectivity index (χ0v) is 13.9. The lowest BCUT2D eigenvalue weighted by molar-refractivity contribution is -0.268. The molecule has 122 valence electrons. The average molecular weight is 347 g/mol. The Morgan fingerprint density at radius 1 is 0.880 bits per heavy atom. The van der Waals surface area contributed by atoms with Crippen LogP contribution in [0.1, 0.15) is 22.7 Å². The molecular formula is C20H13ClN3O-. The SMILES string of the molecule is [O-]c1cc(C2N=C(c3ccccc3)N=C2c2ccncc2)ccc1Cl.